The summed E-state index contributed by atoms with van der Waals surface area (Å²) < 4.78 is 0. The summed E-state index contributed by atoms with van der Waals surface area (Å²) >= 11 is 0. The Balaban J connectivity index is 2.06. The highest BCUT2D eigenvalue weighted by Crippen LogP contribution is 2.33. The molecule has 27 heavy (non-hydrogen) atoms. The van der Waals surface area contributed by atoms with E-state index in [0.717, 1.165) is 9.80 Å². The molecular weight excluding hydrogens is 344 g/mol. The molecule has 0 aromatic heterocycles. The van der Waals surface area contributed by atoms with E-state index < -0.39 is 29.5 Å². The highest BCUT2D eigenvalue weighted by Gasteiger charge is 2.41. The Morgan fingerprint density at radius 2 is 1.44 bits per heavy atom. The van der Waals surface area contributed by atoms with Crippen molar-refractivity contribution in [2.45, 2.75) is 32.4 Å². The van der Waals surface area contributed by atoms with Gasteiger partial charge in [0.1, 0.15) is 6.09 Å². The van der Waals surface area contributed by atoms with Crippen LogP contribution in [-0.4, -0.2) is 39.8 Å². The lowest BCUT2D eigenvalue weighted by Gasteiger charge is -2.41. The van der Waals surface area contributed by atoms with Crippen molar-refractivity contribution in [1.82, 2.24) is 9.80 Å². The standard InChI is InChI=1S/C21H22N2O4/c1-21(2,3)22(20(26)27)13-17(14-9-5-4-6-10-14)23-18(24)15-11-7-8-12-16(15)19(23)25/h4-12,17H,13H2,1-3H3,(H,26,27)/p-1. The predicted molar refractivity (Wildman–Crippen MR) is 98.0 cm³/mol. The monoisotopic (exact) mass is 365 g/mol. The van der Waals surface area contributed by atoms with Crippen LogP contribution in [0, 0.1) is 0 Å². The molecule has 1 heterocycles. The molecule has 0 aliphatic carbocycles. The first-order valence-electron chi connectivity index (χ1n) is 8.72. The zero-order valence-corrected chi connectivity index (χ0v) is 15.5. The lowest BCUT2D eigenvalue weighted by atomic mass is 10.0. The Hall–Kier alpha value is -3.15. The fourth-order valence-electron chi connectivity index (χ4n) is 3.30. The van der Waals surface area contributed by atoms with Crippen molar-refractivity contribution < 1.29 is 19.5 Å². The fourth-order valence-corrected chi connectivity index (χ4v) is 3.30. The Labute approximate surface area is 158 Å². The van der Waals surface area contributed by atoms with Gasteiger partial charge < -0.3 is 14.8 Å². The molecule has 140 valence electrons. The first-order chi connectivity index (χ1) is 12.7. The van der Waals surface area contributed by atoms with Crippen LogP contribution < -0.4 is 5.11 Å². The van der Waals surface area contributed by atoms with E-state index in [4.69, 9.17) is 0 Å². The smallest absolute Gasteiger partial charge is 0.262 e. The molecule has 1 atom stereocenters. The van der Waals surface area contributed by atoms with Gasteiger partial charge in [0.05, 0.1) is 17.2 Å². The van der Waals surface area contributed by atoms with E-state index in [-0.39, 0.29) is 6.54 Å². The predicted octanol–water partition coefficient (Wildman–Crippen LogP) is 2.47. The second kappa shape index (κ2) is 6.87. The first kappa shape index (κ1) is 18.6. The second-order valence-corrected chi connectivity index (χ2v) is 7.50. The maximum Gasteiger partial charge on any atom is 0.262 e. The van der Waals surface area contributed by atoms with E-state index in [1.807, 2.05) is 6.07 Å². The van der Waals surface area contributed by atoms with Crippen molar-refractivity contribution in [1.29, 1.82) is 0 Å². The summed E-state index contributed by atoms with van der Waals surface area (Å²) in [5, 5.41) is 11.7. The summed E-state index contributed by atoms with van der Waals surface area (Å²) in [6.07, 6.45) is -1.35. The number of nitrogens with zero attached hydrogens (tertiary/aromatic N) is 2. The minimum atomic E-state index is -1.35. The highest BCUT2D eigenvalue weighted by molar-refractivity contribution is 6.21. The lowest BCUT2D eigenvalue weighted by molar-refractivity contribution is -0.271. The summed E-state index contributed by atoms with van der Waals surface area (Å²) in [6, 6.07) is 14.8. The zero-order chi connectivity index (χ0) is 19.8. The quantitative estimate of drug-likeness (QED) is 0.780. The van der Waals surface area contributed by atoms with Crippen molar-refractivity contribution in [3.63, 3.8) is 0 Å². The van der Waals surface area contributed by atoms with Crippen LogP contribution in [0.5, 0.6) is 0 Å². The molecule has 0 radical (unpaired) electrons. The normalized spacial score (nSPS) is 14.9. The van der Waals surface area contributed by atoms with Gasteiger partial charge in [0, 0.05) is 12.1 Å². The van der Waals surface area contributed by atoms with Gasteiger partial charge in [0.2, 0.25) is 0 Å². The molecule has 0 spiro atoms. The first-order valence-corrected chi connectivity index (χ1v) is 8.72. The van der Waals surface area contributed by atoms with Crippen LogP contribution in [0.25, 0.3) is 0 Å². The highest BCUT2D eigenvalue weighted by atomic mass is 16.4. The SMILES string of the molecule is CC(C)(C)N(CC(c1ccccc1)N1C(=O)c2ccccc2C1=O)C(=O)[O-]. The van der Waals surface area contributed by atoms with E-state index in [1.165, 1.54) is 0 Å². The molecule has 1 aliphatic heterocycles. The minimum Gasteiger partial charge on any atom is -0.530 e. The van der Waals surface area contributed by atoms with Crippen molar-refractivity contribution >= 4 is 17.9 Å². The maximum atomic E-state index is 12.9. The van der Waals surface area contributed by atoms with Crippen molar-refractivity contribution in [3.05, 3.63) is 71.3 Å². The third kappa shape index (κ3) is 3.43. The van der Waals surface area contributed by atoms with Gasteiger partial charge >= 0.3 is 0 Å². The number of benzene rings is 2. The number of carboxylic acid groups (broad SMARTS) is 1. The van der Waals surface area contributed by atoms with E-state index in [9.17, 15) is 19.5 Å². The Kier molecular flexibility index (Phi) is 4.74. The van der Waals surface area contributed by atoms with Crippen LogP contribution in [-0.2, 0) is 0 Å². The van der Waals surface area contributed by atoms with Crippen LogP contribution in [0.1, 0.15) is 53.1 Å². The van der Waals surface area contributed by atoms with E-state index in [0.29, 0.717) is 16.7 Å². The van der Waals surface area contributed by atoms with Crippen molar-refractivity contribution in [2.24, 2.45) is 0 Å². The summed E-state index contributed by atoms with van der Waals surface area (Å²) in [5.74, 6) is -0.840. The van der Waals surface area contributed by atoms with Crippen LogP contribution >= 0.6 is 0 Å². The molecular formula is C21H21N2O4-. The van der Waals surface area contributed by atoms with E-state index >= 15 is 0 Å². The third-order valence-corrected chi connectivity index (χ3v) is 4.71. The number of hydrogen-bond acceptors (Lipinski definition) is 4. The molecule has 6 heteroatoms. The molecule has 2 aromatic rings. The average Bonchev–Trinajstić information content (AvgIpc) is 2.87. The Bertz CT molecular complexity index is 852. The number of fused-ring (bicyclic) bond motifs is 1. The average molecular weight is 365 g/mol. The topological polar surface area (TPSA) is 80.8 Å². The molecule has 0 saturated carbocycles. The summed E-state index contributed by atoms with van der Waals surface area (Å²) in [4.78, 5) is 39.9. The number of carbonyl (C=O) groups excluding carboxylic acids is 3. The van der Waals surface area contributed by atoms with Crippen molar-refractivity contribution in [2.75, 3.05) is 6.54 Å². The van der Waals surface area contributed by atoms with Gasteiger partial charge in [-0.2, -0.15) is 0 Å². The molecule has 1 aliphatic rings. The number of hydrogen-bond donors (Lipinski definition) is 0. The van der Waals surface area contributed by atoms with Gasteiger partial charge in [-0.3, -0.25) is 14.5 Å². The van der Waals surface area contributed by atoms with Gasteiger partial charge in [-0.1, -0.05) is 42.5 Å². The third-order valence-electron chi connectivity index (χ3n) is 4.71. The van der Waals surface area contributed by atoms with Crippen LogP contribution in [0.3, 0.4) is 0 Å². The molecule has 0 N–H and O–H groups in total. The second-order valence-electron chi connectivity index (χ2n) is 7.50. The van der Waals surface area contributed by atoms with Crippen LogP contribution in [0.15, 0.2) is 54.6 Å². The van der Waals surface area contributed by atoms with Gasteiger partial charge in [-0.15, -0.1) is 0 Å². The molecule has 3 amide bonds. The van der Waals surface area contributed by atoms with Crippen molar-refractivity contribution in [3.8, 4) is 0 Å². The number of imide groups is 1. The molecule has 0 fully saturated rings. The van der Waals surface area contributed by atoms with E-state index in [1.54, 1.807) is 69.3 Å². The zero-order valence-electron chi connectivity index (χ0n) is 15.5. The van der Waals surface area contributed by atoms with Crippen LogP contribution in [0.4, 0.5) is 4.79 Å². The molecule has 6 nitrogen and oxygen atoms in total. The van der Waals surface area contributed by atoms with Crippen LogP contribution in [0.2, 0.25) is 0 Å². The summed E-state index contributed by atoms with van der Waals surface area (Å²) in [6.45, 7) is 5.16. The molecule has 0 bridgehead atoms. The van der Waals surface area contributed by atoms with Gasteiger partial charge in [-0.05, 0) is 38.5 Å². The van der Waals surface area contributed by atoms with Gasteiger partial charge in [0.25, 0.3) is 11.8 Å². The van der Waals surface area contributed by atoms with Gasteiger partial charge in [-0.25, -0.2) is 0 Å². The van der Waals surface area contributed by atoms with E-state index in [2.05, 4.69) is 0 Å². The minimum absolute atomic E-state index is 0.0681. The summed E-state index contributed by atoms with van der Waals surface area (Å²) in [5.41, 5.74) is 0.603. The molecule has 3 rings (SSSR count). The summed E-state index contributed by atoms with van der Waals surface area (Å²) in [7, 11) is 0. The molecule has 1 unspecified atom stereocenters. The van der Waals surface area contributed by atoms with Gasteiger partial charge in [0.15, 0.2) is 0 Å². The largest absolute Gasteiger partial charge is 0.530 e. The fraction of sp³-hybridized carbons (Fsp3) is 0.286. The number of amides is 3. The Morgan fingerprint density at radius 1 is 0.963 bits per heavy atom. The maximum absolute atomic E-state index is 12.9. The number of carbonyl (C=O) groups is 3. The molecule has 0 saturated heterocycles. The molecule has 2 aromatic carbocycles. The lowest BCUT2D eigenvalue weighted by Crippen LogP contribution is -2.55. The Morgan fingerprint density at radius 3 is 1.89 bits per heavy atom. The number of rotatable bonds is 4.